The molecule has 2 heterocycles. The number of aliphatic hydroxyl groups is 3. The van der Waals surface area contributed by atoms with Crippen LogP contribution >= 0.6 is 0 Å². The number of carbonyl (C=O) groups is 1. The van der Waals surface area contributed by atoms with Crippen molar-refractivity contribution in [1.29, 1.82) is 0 Å². The van der Waals surface area contributed by atoms with Gasteiger partial charge in [-0.15, -0.1) is 0 Å². The molecular formula is C14H24N2O7. The van der Waals surface area contributed by atoms with E-state index in [-0.39, 0.29) is 6.42 Å². The van der Waals surface area contributed by atoms with Crippen LogP contribution < -0.4 is 10.6 Å². The number of ether oxygens (including phenoxy) is 3. The summed E-state index contributed by atoms with van der Waals surface area (Å²) >= 11 is 0. The van der Waals surface area contributed by atoms with Gasteiger partial charge in [0.1, 0.15) is 18.3 Å². The van der Waals surface area contributed by atoms with Crippen LogP contribution in [0.4, 0.5) is 0 Å². The second kappa shape index (κ2) is 6.01. The summed E-state index contributed by atoms with van der Waals surface area (Å²) in [4.78, 5) is 12.2. The lowest BCUT2D eigenvalue weighted by atomic mass is 9.80. The minimum Gasteiger partial charge on any atom is -0.390 e. The number of carbonyl (C=O) groups excluding carboxylic acids is 1. The molecule has 9 heteroatoms. The number of likely N-dealkylation sites (N-methyl/N-ethyl adjacent to an activating group) is 2. The Morgan fingerprint density at radius 3 is 2.35 bits per heavy atom. The summed E-state index contributed by atoms with van der Waals surface area (Å²) in [6.07, 6.45) is -5.58. The van der Waals surface area contributed by atoms with E-state index in [0.29, 0.717) is 0 Å². The van der Waals surface area contributed by atoms with Crippen molar-refractivity contribution in [1.82, 2.24) is 10.6 Å². The van der Waals surface area contributed by atoms with E-state index < -0.39 is 60.5 Å². The minimum absolute atomic E-state index is 0.00220. The van der Waals surface area contributed by atoms with Crippen molar-refractivity contribution in [3.05, 3.63) is 0 Å². The van der Waals surface area contributed by atoms with Crippen molar-refractivity contribution in [3.63, 3.8) is 0 Å². The Morgan fingerprint density at radius 2 is 1.74 bits per heavy atom. The molecule has 132 valence electrons. The minimum atomic E-state index is -2.23. The van der Waals surface area contributed by atoms with E-state index in [1.165, 1.54) is 0 Å². The van der Waals surface area contributed by atoms with Crippen LogP contribution in [0.25, 0.3) is 0 Å². The quantitative estimate of drug-likeness (QED) is 0.361. The Kier molecular flexibility index (Phi) is 4.49. The zero-order valence-electron chi connectivity index (χ0n) is 13.3. The zero-order valence-corrected chi connectivity index (χ0v) is 13.3. The predicted molar refractivity (Wildman–Crippen MR) is 76.4 cm³/mol. The standard InChI is InChI=1S/C14H24N2O7/c1-5-4-6(17)14(20)13(21-5)22-12-10(19)7(15-2)9(18)8(16-3)11(12)23-14/h5,7-13,15-16,18-20H,4H2,1-3H3/t5-,7-,8+,9+,10+,11-,12-,13-,14+/m1/s1. The van der Waals surface area contributed by atoms with Gasteiger partial charge in [-0.3, -0.25) is 4.79 Å². The maximum atomic E-state index is 12.2. The number of Topliss-reactive ketones (excluding diaryl/α,β-unsaturated/α-hetero) is 1. The third-order valence-electron chi connectivity index (χ3n) is 4.93. The molecule has 0 radical (unpaired) electrons. The molecule has 0 aromatic rings. The molecule has 2 aliphatic heterocycles. The second-order valence-corrected chi connectivity index (χ2v) is 6.40. The summed E-state index contributed by atoms with van der Waals surface area (Å²) in [5, 5.41) is 37.2. The molecule has 5 N–H and O–H groups in total. The number of fused-ring (bicyclic) bond motifs is 2. The van der Waals surface area contributed by atoms with Crippen molar-refractivity contribution in [3.8, 4) is 0 Å². The number of nitrogens with one attached hydrogen (secondary N) is 2. The van der Waals surface area contributed by atoms with E-state index in [1.807, 2.05) is 0 Å². The highest BCUT2D eigenvalue weighted by atomic mass is 16.8. The predicted octanol–water partition coefficient (Wildman–Crippen LogP) is -2.93. The first-order valence-corrected chi connectivity index (χ1v) is 7.78. The van der Waals surface area contributed by atoms with Gasteiger partial charge in [0, 0.05) is 6.42 Å². The Balaban J connectivity index is 1.92. The van der Waals surface area contributed by atoms with Crippen molar-refractivity contribution in [2.45, 2.75) is 68.0 Å². The summed E-state index contributed by atoms with van der Waals surface area (Å²) in [6, 6.07) is -1.29. The highest BCUT2D eigenvalue weighted by Crippen LogP contribution is 2.40. The molecule has 9 nitrogen and oxygen atoms in total. The van der Waals surface area contributed by atoms with Crippen LogP contribution in [-0.2, 0) is 19.0 Å². The van der Waals surface area contributed by atoms with Gasteiger partial charge in [0.15, 0.2) is 5.78 Å². The van der Waals surface area contributed by atoms with Crippen LogP contribution in [-0.4, -0.2) is 89.9 Å². The summed E-state index contributed by atoms with van der Waals surface area (Å²) in [6.45, 7) is 1.70. The van der Waals surface area contributed by atoms with Gasteiger partial charge >= 0.3 is 0 Å². The summed E-state index contributed by atoms with van der Waals surface area (Å²) in [5.74, 6) is -2.76. The number of hydrogen-bond acceptors (Lipinski definition) is 9. The van der Waals surface area contributed by atoms with Crippen molar-refractivity contribution in [2.24, 2.45) is 0 Å². The highest BCUT2D eigenvalue weighted by Gasteiger charge is 2.63. The average Bonchev–Trinajstić information content (AvgIpc) is 2.49. The summed E-state index contributed by atoms with van der Waals surface area (Å²) in [7, 11) is 3.24. The molecule has 3 rings (SSSR count). The van der Waals surface area contributed by atoms with Crippen molar-refractivity contribution < 1.29 is 34.3 Å². The van der Waals surface area contributed by atoms with E-state index >= 15 is 0 Å². The third-order valence-corrected chi connectivity index (χ3v) is 4.93. The molecule has 2 saturated heterocycles. The van der Waals surface area contributed by atoms with Gasteiger partial charge in [-0.2, -0.15) is 0 Å². The third kappa shape index (κ3) is 2.52. The molecule has 0 spiro atoms. The molecule has 0 bridgehead atoms. The van der Waals surface area contributed by atoms with Crippen LogP contribution in [0.3, 0.4) is 0 Å². The van der Waals surface area contributed by atoms with Crippen LogP contribution in [0.1, 0.15) is 13.3 Å². The van der Waals surface area contributed by atoms with E-state index in [9.17, 15) is 20.1 Å². The number of ketones is 1. The molecule has 1 aliphatic carbocycles. The molecule has 1 saturated carbocycles. The fraction of sp³-hybridized carbons (Fsp3) is 0.929. The lowest BCUT2D eigenvalue weighted by Gasteiger charge is -2.55. The van der Waals surface area contributed by atoms with Gasteiger partial charge in [0.25, 0.3) is 5.79 Å². The van der Waals surface area contributed by atoms with Crippen LogP contribution in [0.15, 0.2) is 0 Å². The lowest BCUT2D eigenvalue weighted by Crippen LogP contribution is -2.77. The van der Waals surface area contributed by atoms with Gasteiger partial charge in [0.05, 0.1) is 24.3 Å². The molecule has 3 fully saturated rings. The fourth-order valence-corrected chi connectivity index (χ4v) is 3.68. The van der Waals surface area contributed by atoms with E-state index in [1.54, 1.807) is 21.0 Å². The number of hydrogen-bond donors (Lipinski definition) is 5. The molecule has 23 heavy (non-hydrogen) atoms. The summed E-state index contributed by atoms with van der Waals surface area (Å²) in [5.41, 5.74) is 0. The molecule has 0 aromatic heterocycles. The molecule has 0 unspecified atom stereocenters. The first kappa shape index (κ1) is 17.2. The zero-order chi connectivity index (χ0) is 16.9. The average molecular weight is 332 g/mol. The number of aliphatic hydroxyl groups excluding tert-OH is 2. The normalized spacial score (nSPS) is 53.6. The smallest absolute Gasteiger partial charge is 0.280 e. The molecule has 9 atom stereocenters. The SMILES string of the molecule is CN[C@@H]1[C@H](O)[C@H](NC)[C@H]2O[C@@]3(O)C(=O)C[C@@H](C)O[C@@H]3O[C@@H]2[C@H]1O. The van der Waals surface area contributed by atoms with E-state index in [2.05, 4.69) is 10.6 Å². The molecule has 0 aromatic carbocycles. The van der Waals surface area contributed by atoms with Crippen molar-refractivity contribution >= 4 is 5.78 Å². The van der Waals surface area contributed by atoms with Crippen LogP contribution in [0.2, 0.25) is 0 Å². The highest BCUT2D eigenvalue weighted by molar-refractivity contribution is 5.87. The molecular weight excluding hydrogens is 308 g/mol. The summed E-state index contributed by atoms with van der Waals surface area (Å²) < 4.78 is 16.8. The van der Waals surface area contributed by atoms with E-state index in [0.717, 1.165) is 0 Å². The van der Waals surface area contributed by atoms with Crippen LogP contribution in [0, 0.1) is 0 Å². The maximum absolute atomic E-state index is 12.2. The fourth-order valence-electron chi connectivity index (χ4n) is 3.68. The van der Waals surface area contributed by atoms with Gasteiger partial charge in [-0.05, 0) is 21.0 Å². The molecule has 3 aliphatic rings. The van der Waals surface area contributed by atoms with Gasteiger partial charge in [0.2, 0.25) is 6.29 Å². The lowest BCUT2D eigenvalue weighted by molar-refractivity contribution is -0.420. The van der Waals surface area contributed by atoms with E-state index in [4.69, 9.17) is 14.2 Å². The largest absolute Gasteiger partial charge is 0.390 e. The molecule has 0 amide bonds. The van der Waals surface area contributed by atoms with Crippen LogP contribution in [0.5, 0.6) is 0 Å². The Hall–Kier alpha value is -0.650. The maximum Gasteiger partial charge on any atom is 0.280 e. The first-order chi connectivity index (χ1) is 10.8. The number of rotatable bonds is 2. The van der Waals surface area contributed by atoms with Gasteiger partial charge in [-0.1, -0.05) is 0 Å². The Labute approximate surface area is 133 Å². The Morgan fingerprint density at radius 1 is 1.09 bits per heavy atom. The van der Waals surface area contributed by atoms with Crippen molar-refractivity contribution in [2.75, 3.05) is 14.1 Å². The van der Waals surface area contributed by atoms with Gasteiger partial charge < -0.3 is 40.2 Å². The Bertz CT molecular complexity index is 478. The monoisotopic (exact) mass is 332 g/mol. The second-order valence-electron chi connectivity index (χ2n) is 6.40. The topological polar surface area (TPSA) is 130 Å². The first-order valence-electron chi connectivity index (χ1n) is 7.78. The van der Waals surface area contributed by atoms with Gasteiger partial charge in [-0.25, -0.2) is 0 Å².